The third-order valence-electron chi connectivity index (χ3n) is 11.4. The zero-order chi connectivity index (χ0) is 50.7. The summed E-state index contributed by atoms with van der Waals surface area (Å²) in [6, 6.07) is 0. The van der Waals surface area contributed by atoms with E-state index >= 15 is 0 Å². The summed E-state index contributed by atoms with van der Waals surface area (Å²) in [6.07, 6.45) is 80.3. The van der Waals surface area contributed by atoms with Crippen molar-refractivity contribution < 1.29 is 28.6 Å². The van der Waals surface area contributed by atoms with E-state index in [1.807, 2.05) is 0 Å². The second-order valence-electron chi connectivity index (χ2n) is 18.1. The molecule has 6 nitrogen and oxygen atoms in total. The maximum Gasteiger partial charge on any atom is 0.306 e. The van der Waals surface area contributed by atoms with Crippen molar-refractivity contribution in [3.05, 3.63) is 134 Å². The van der Waals surface area contributed by atoms with E-state index in [4.69, 9.17) is 14.2 Å². The summed E-state index contributed by atoms with van der Waals surface area (Å²) in [5, 5.41) is 0. The number of esters is 3. The normalized spacial score (nSPS) is 13.1. The number of carbonyl (C=O) groups is 3. The molecule has 0 bridgehead atoms. The number of carbonyl (C=O) groups excluding carboxylic acids is 3. The SMILES string of the molecule is CC/C=C\C/C=C\C/C=C\C/C=C\C/C=C\C/C=C\C/C=C\C/C=C\CCCCC(=O)OCC(COC(=O)CCCCCCCCCC)OC(=O)CCCCCCCCC/C=C\C/C=C\C/C=C\CC. The van der Waals surface area contributed by atoms with Gasteiger partial charge in [0.2, 0.25) is 0 Å². The third-order valence-corrected chi connectivity index (χ3v) is 11.4. The Morgan fingerprint density at radius 3 is 0.900 bits per heavy atom. The van der Waals surface area contributed by atoms with Crippen LogP contribution in [-0.2, 0) is 28.6 Å². The molecule has 0 aromatic rings. The molecule has 0 N–H and O–H groups in total. The van der Waals surface area contributed by atoms with Crippen LogP contribution in [0.5, 0.6) is 0 Å². The third kappa shape index (κ3) is 54.5. The van der Waals surface area contributed by atoms with Gasteiger partial charge in [0, 0.05) is 19.3 Å². The van der Waals surface area contributed by atoms with Crippen LogP contribution in [0.25, 0.3) is 0 Å². The van der Waals surface area contributed by atoms with Gasteiger partial charge in [-0.15, -0.1) is 0 Å². The monoisotopic (exact) mass is 967 g/mol. The van der Waals surface area contributed by atoms with Crippen LogP contribution in [0.15, 0.2) is 134 Å². The molecule has 70 heavy (non-hydrogen) atoms. The molecule has 0 aromatic heterocycles. The van der Waals surface area contributed by atoms with Crippen LogP contribution < -0.4 is 0 Å². The molecule has 0 spiro atoms. The number of hydrogen-bond donors (Lipinski definition) is 0. The minimum atomic E-state index is -0.803. The molecule has 0 heterocycles. The van der Waals surface area contributed by atoms with Gasteiger partial charge in [-0.25, -0.2) is 0 Å². The van der Waals surface area contributed by atoms with Crippen LogP contribution in [0.2, 0.25) is 0 Å². The molecule has 0 aromatic carbocycles. The molecule has 1 atom stereocenters. The quantitative estimate of drug-likeness (QED) is 0.0262. The smallest absolute Gasteiger partial charge is 0.306 e. The zero-order valence-corrected chi connectivity index (χ0v) is 45.0. The molecular weight excluding hydrogens is 865 g/mol. The Balaban J connectivity index is 4.36. The van der Waals surface area contributed by atoms with E-state index in [0.717, 1.165) is 128 Å². The van der Waals surface area contributed by atoms with E-state index in [9.17, 15) is 14.4 Å². The largest absolute Gasteiger partial charge is 0.462 e. The molecular formula is C64H102O6. The lowest BCUT2D eigenvalue weighted by Crippen LogP contribution is -2.30. The fourth-order valence-electron chi connectivity index (χ4n) is 7.24. The van der Waals surface area contributed by atoms with E-state index in [1.54, 1.807) is 0 Å². The Morgan fingerprint density at radius 1 is 0.300 bits per heavy atom. The molecule has 0 fully saturated rings. The molecule has 0 radical (unpaired) electrons. The topological polar surface area (TPSA) is 78.9 Å². The van der Waals surface area contributed by atoms with Crippen molar-refractivity contribution in [1.29, 1.82) is 0 Å². The van der Waals surface area contributed by atoms with Crippen LogP contribution in [0.1, 0.15) is 233 Å². The van der Waals surface area contributed by atoms with Gasteiger partial charge in [0.15, 0.2) is 6.10 Å². The highest BCUT2D eigenvalue weighted by Gasteiger charge is 2.19. The maximum atomic E-state index is 12.8. The van der Waals surface area contributed by atoms with E-state index in [0.29, 0.717) is 25.7 Å². The Morgan fingerprint density at radius 2 is 0.557 bits per heavy atom. The van der Waals surface area contributed by atoms with Crippen molar-refractivity contribution >= 4 is 17.9 Å². The second kappa shape index (κ2) is 57.1. The first kappa shape index (κ1) is 65.5. The van der Waals surface area contributed by atoms with Crippen molar-refractivity contribution in [2.75, 3.05) is 13.2 Å². The second-order valence-corrected chi connectivity index (χ2v) is 18.1. The average molecular weight is 968 g/mol. The summed E-state index contributed by atoms with van der Waals surface area (Å²) in [5.41, 5.74) is 0. The highest BCUT2D eigenvalue weighted by atomic mass is 16.6. The molecule has 0 amide bonds. The molecule has 0 aliphatic carbocycles. The van der Waals surface area contributed by atoms with Crippen molar-refractivity contribution in [3.63, 3.8) is 0 Å². The fourth-order valence-corrected chi connectivity index (χ4v) is 7.24. The molecule has 0 aliphatic rings. The van der Waals surface area contributed by atoms with Crippen LogP contribution >= 0.6 is 0 Å². The predicted molar refractivity (Wildman–Crippen MR) is 302 cm³/mol. The summed E-state index contributed by atoms with van der Waals surface area (Å²) < 4.78 is 16.7. The highest BCUT2D eigenvalue weighted by Crippen LogP contribution is 2.13. The first-order valence-electron chi connectivity index (χ1n) is 28.2. The number of unbranched alkanes of at least 4 members (excludes halogenated alkanes) is 16. The molecule has 6 heteroatoms. The lowest BCUT2D eigenvalue weighted by molar-refractivity contribution is -0.167. The van der Waals surface area contributed by atoms with Gasteiger partial charge in [-0.3, -0.25) is 14.4 Å². The van der Waals surface area contributed by atoms with Gasteiger partial charge in [-0.1, -0.05) is 231 Å². The van der Waals surface area contributed by atoms with Gasteiger partial charge in [-0.2, -0.15) is 0 Å². The standard InChI is InChI=1S/C64H102O6/c1-4-7-10-13-16-19-21-23-25-27-28-29-30-31-32-33-34-35-36-38-39-41-43-45-48-51-54-57-63(66)69-60-61(59-68-62(65)56-53-50-47-18-15-12-9-6-3)70-64(67)58-55-52-49-46-44-42-40-37-26-24-22-20-17-14-11-8-5-2/h7-8,10-11,16-17,19-20,23-26,28-29,31-32,34-35,38-39,43,45,61H,4-6,9,12-15,18,21-22,27,30,33,36-37,40-42,44,46-60H2,1-3H3/b10-7-,11-8-,19-16-,20-17-,25-23-,26-24-,29-28-,32-31-,35-34-,39-38-,45-43-. The average Bonchev–Trinajstić information content (AvgIpc) is 3.36. The Kier molecular flexibility index (Phi) is 53.5. The first-order valence-corrected chi connectivity index (χ1v) is 28.2. The van der Waals surface area contributed by atoms with E-state index in [2.05, 4.69) is 154 Å². The summed E-state index contributed by atoms with van der Waals surface area (Å²) in [6.45, 7) is 6.33. The highest BCUT2D eigenvalue weighted by molar-refractivity contribution is 5.71. The summed E-state index contributed by atoms with van der Waals surface area (Å²) in [7, 11) is 0. The minimum absolute atomic E-state index is 0.0992. The van der Waals surface area contributed by atoms with Gasteiger partial charge in [-0.05, 0) is 116 Å². The molecule has 0 aliphatic heterocycles. The lowest BCUT2D eigenvalue weighted by atomic mass is 10.1. The van der Waals surface area contributed by atoms with Gasteiger partial charge in [0.05, 0.1) is 0 Å². The van der Waals surface area contributed by atoms with E-state index in [1.165, 1.54) is 57.8 Å². The Labute approximate surface area is 430 Å². The van der Waals surface area contributed by atoms with E-state index < -0.39 is 6.10 Å². The minimum Gasteiger partial charge on any atom is -0.462 e. The Hall–Kier alpha value is -4.45. The van der Waals surface area contributed by atoms with Gasteiger partial charge < -0.3 is 14.2 Å². The Bertz CT molecular complexity index is 1530. The van der Waals surface area contributed by atoms with Gasteiger partial charge in [0.1, 0.15) is 13.2 Å². The van der Waals surface area contributed by atoms with Crippen LogP contribution in [0, 0.1) is 0 Å². The lowest BCUT2D eigenvalue weighted by Gasteiger charge is -2.18. The summed E-state index contributed by atoms with van der Waals surface area (Å²) >= 11 is 0. The van der Waals surface area contributed by atoms with Crippen LogP contribution in [0.4, 0.5) is 0 Å². The zero-order valence-electron chi connectivity index (χ0n) is 45.0. The van der Waals surface area contributed by atoms with Crippen molar-refractivity contribution in [2.45, 2.75) is 239 Å². The predicted octanol–water partition coefficient (Wildman–Crippen LogP) is 19.0. The van der Waals surface area contributed by atoms with Gasteiger partial charge in [0.25, 0.3) is 0 Å². The molecule has 0 rings (SSSR count). The summed E-state index contributed by atoms with van der Waals surface area (Å²) in [4.78, 5) is 38.0. The number of hydrogen-bond acceptors (Lipinski definition) is 6. The van der Waals surface area contributed by atoms with Gasteiger partial charge >= 0.3 is 17.9 Å². The van der Waals surface area contributed by atoms with Crippen LogP contribution in [-0.4, -0.2) is 37.2 Å². The van der Waals surface area contributed by atoms with Crippen molar-refractivity contribution in [2.24, 2.45) is 0 Å². The number of ether oxygens (including phenoxy) is 3. The van der Waals surface area contributed by atoms with Crippen molar-refractivity contribution in [1.82, 2.24) is 0 Å². The number of rotatable bonds is 49. The number of allylic oxidation sites excluding steroid dienone is 22. The van der Waals surface area contributed by atoms with Crippen LogP contribution in [0.3, 0.4) is 0 Å². The van der Waals surface area contributed by atoms with Crippen molar-refractivity contribution in [3.8, 4) is 0 Å². The molecule has 0 saturated carbocycles. The molecule has 394 valence electrons. The first-order chi connectivity index (χ1) is 34.5. The maximum absolute atomic E-state index is 12.8. The van der Waals surface area contributed by atoms with E-state index in [-0.39, 0.29) is 31.1 Å². The fraction of sp³-hybridized carbons (Fsp3) is 0.609. The molecule has 1 unspecified atom stereocenters. The summed E-state index contributed by atoms with van der Waals surface area (Å²) in [5.74, 6) is -0.965. The molecule has 0 saturated heterocycles.